The first-order chi connectivity index (χ1) is 4.20. The van der Waals surface area contributed by atoms with Crippen molar-refractivity contribution in [2.24, 2.45) is 0 Å². The maximum absolute atomic E-state index is 6.79. The van der Waals surface area contributed by atoms with Crippen LogP contribution >= 0.6 is 0 Å². The molecule has 0 amide bonds. The third kappa shape index (κ3) is 3.76. The minimum Gasteiger partial charge on any atom is -0.382 e. The topological polar surface area (TPSA) is 35.9 Å². The van der Waals surface area contributed by atoms with Crippen molar-refractivity contribution in [3.05, 3.63) is 12.3 Å². The number of allylic oxidation sites excluding steroid dienone is 1. The van der Waals surface area contributed by atoms with Crippen LogP contribution in [-0.2, 0) is 0 Å². The third-order valence-corrected chi connectivity index (χ3v) is 1.22. The molecule has 52 valence electrons. The highest BCUT2D eigenvalue weighted by Crippen LogP contribution is 1.89. The second kappa shape index (κ2) is 4.13. The molecule has 0 aromatic heterocycles. The fourth-order valence-electron chi connectivity index (χ4n) is 0.460. The van der Waals surface area contributed by atoms with Gasteiger partial charge in [-0.25, -0.2) is 0 Å². The summed E-state index contributed by atoms with van der Waals surface area (Å²) in [5.41, 5.74) is 0.685. The quantitative estimate of drug-likeness (QED) is 0.551. The average Bonchev–Trinajstić information content (AvgIpc) is 1.87. The summed E-state index contributed by atoms with van der Waals surface area (Å²) < 4.78 is 0. The van der Waals surface area contributed by atoms with Gasteiger partial charge in [0.25, 0.3) is 0 Å². The van der Waals surface area contributed by atoms with Crippen LogP contribution in [0.3, 0.4) is 0 Å². The molecule has 0 aliphatic heterocycles. The molecule has 2 N–H and O–H groups in total. The van der Waals surface area contributed by atoms with Gasteiger partial charge in [-0.05, 0) is 13.3 Å². The maximum Gasteiger partial charge on any atom is 0.0448 e. The summed E-state index contributed by atoms with van der Waals surface area (Å²) in [6.07, 6.45) is 2.29. The lowest BCUT2D eigenvalue weighted by molar-refractivity contribution is 0.610. The van der Waals surface area contributed by atoms with Crippen LogP contribution in [0.25, 0.3) is 0 Å². The summed E-state index contributed by atoms with van der Waals surface area (Å²) >= 11 is 0. The van der Waals surface area contributed by atoms with Crippen molar-refractivity contribution in [1.29, 1.82) is 5.41 Å². The second-order valence-electron chi connectivity index (χ2n) is 2.12. The van der Waals surface area contributed by atoms with Crippen LogP contribution in [0.5, 0.6) is 0 Å². The van der Waals surface area contributed by atoms with E-state index in [1.165, 1.54) is 6.21 Å². The average molecular weight is 126 g/mol. The number of hydrogen-bond acceptors (Lipinski definition) is 2. The van der Waals surface area contributed by atoms with Gasteiger partial charge in [0, 0.05) is 18.0 Å². The van der Waals surface area contributed by atoms with Crippen molar-refractivity contribution in [3.63, 3.8) is 0 Å². The SMILES string of the molecule is C=C(C=N)NC(C)CC. The number of rotatable bonds is 4. The smallest absolute Gasteiger partial charge is 0.0448 e. The van der Waals surface area contributed by atoms with E-state index in [0.29, 0.717) is 11.7 Å². The molecule has 0 saturated carbocycles. The first-order valence-electron chi connectivity index (χ1n) is 3.16. The molecular formula is C7H14N2. The Morgan fingerprint density at radius 2 is 2.44 bits per heavy atom. The molecule has 1 unspecified atom stereocenters. The van der Waals surface area contributed by atoms with E-state index in [-0.39, 0.29) is 0 Å². The molecule has 2 nitrogen and oxygen atoms in total. The molecule has 0 aromatic rings. The van der Waals surface area contributed by atoms with Crippen LogP contribution < -0.4 is 5.32 Å². The Morgan fingerprint density at radius 1 is 1.89 bits per heavy atom. The van der Waals surface area contributed by atoms with Gasteiger partial charge in [0.2, 0.25) is 0 Å². The van der Waals surface area contributed by atoms with Crippen molar-refractivity contribution in [2.45, 2.75) is 26.3 Å². The van der Waals surface area contributed by atoms with Gasteiger partial charge in [0.05, 0.1) is 0 Å². The highest BCUT2D eigenvalue weighted by molar-refractivity contribution is 5.73. The normalized spacial score (nSPS) is 12.2. The summed E-state index contributed by atoms with van der Waals surface area (Å²) in [5.74, 6) is 0. The van der Waals surface area contributed by atoms with Crippen LogP contribution in [0.2, 0.25) is 0 Å². The Bertz CT molecular complexity index is 107. The van der Waals surface area contributed by atoms with Crippen molar-refractivity contribution in [2.75, 3.05) is 0 Å². The zero-order valence-corrected chi connectivity index (χ0v) is 6.07. The van der Waals surface area contributed by atoms with Gasteiger partial charge in [-0.1, -0.05) is 13.5 Å². The molecule has 0 heterocycles. The molecule has 0 rings (SSSR count). The Morgan fingerprint density at radius 3 is 2.78 bits per heavy atom. The summed E-state index contributed by atoms with van der Waals surface area (Å²) in [6.45, 7) is 7.76. The molecular weight excluding hydrogens is 112 g/mol. The molecule has 0 spiro atoms. The van der Waals surface area contributed by atoms with E-state index in [2.05, 4.69) is 25.7 Å². The highest BCUT2D eigenvalue weighted by Gasteiger charge is 1.94. The zero-order valence-electron chi connectivity index (χ0n) is 6.07. The minimum absolute atomic E-state index is 0.430. The molecule has 0 bridgehead atoms. The van der Waals surface area contributed by atoms with Gasteiger partial charge in [-0.15, -0.1) is 0 Å². The first kappa shape index (κ1) is 8.21. The maximum atomic E-state index is 6.79. The van der Waals surface area contributed by atoms with Gasteiger partial charge in [0.15, 0.2) is 0 Å². The van der Waals surface area contributed by atoms with Gasteiger partial charge in [-0.2, -0.15) is 0 Å². The van der Waals surface area contributed by atoms with Gasteiger partial charge in [-0.3, -0.25) is 0 Å². The fraction of sp³-hybridized carbons (Fsp3) is 0.571. The molecule has 0 saturated heterocycles. The lowest BCUT2D eigenvalue weighted by Gasteiger charge is -2.10. The Hall–Kier alpha value is -0.790. The molecule has 0 aliphatic carbocycles. The van der Waals surface area contributed by atoms with Crippen LogP contribution in [0.4, 0.5) is 0 Å². The van der Waals surface area contributed by atoms with Crippen LogP contribution in [-0.4, -0.2) is 12.3 Å². The third-order valence-electron chi connectivity index (χ3n) is 1.22. The van der Waals surface area contributed by atoms with Crippen molar-refractivity contribution >= 4 is 6.21 Å². The fourth-order valence-corrected chi connectivity index (χ4v) is 0.460. The molecule has 0 fully saturated rings. The van der Waals surface area contributed by atoms with Crippen molar-refractivity contribution < 1.29 is 0 Å². The van der Waals surface area contributed by atoms with E-state index in [4.69, 9.17) is 5.41 Å². The predicted molar refractivity (Wildman–Crippen MR) is 40.8 cm³/mol. The number of nitrogens with one attached hydrogen (secondary N) is 2. The van der Waals surface area contributed by atoms with E-state index in [0.717, 1.165) is 6.42 Å². The summed E-state index contributed by atoms with van der Waals surface area (Å²) in [5, 5.41) is 9.83. The van der Waals surface area contributed by atoms with Gasteiger partial charge < -0.3 is 10.7 Å². The molecule has 9 heavy (non-hydrogen) atoms. The molecule has 2 heteroatoms. The Balaban J connectivity index is 3.46. The van der Waals surface area contributed by atoms with E-state index in [9.17, 15) is 0 Å². The lowest BCUT2D eigenvalue weighted by Crippen LogP contribution is -2.24. The molecule has 1 atom stereocenters. The molecule has 0 aliphatic rings. The van der Waals surface area contributed by atoms with Gasteiger partial charge >= 0.3 is 0 Å². The first-order valence-corrected chi connectivity index (χ1v) is 3.16. The van der Waals surface area contributed by atoms with Crippen LogP contribution in [0.1, 0.15) is 20.3 Å². The minimum atomic E-state index is 0.430. The largest absolute Gasteiger partial charge is 0.382 e. The van der Waals surface area contributed by atoms with E-state index >= 15 is 0 Å². The summed E-state index contributed by atoms with van der Waals surface area (Å²) in [4.78, 5) is 0. The zero-order chi connectivity index (χ0) is 7.28. The summed E-state index contributed by atoms with van der Waals surface area (Å²) in [7, 11) is 0. The van der Waals surface area contributed by atoms with Gasteiger partial charge in [0.1, 0.15) is 0 Å². The van der Waals surface area contributed by atoms with E-state index in [1.807, 2.05) is 0 Å². The van der Waals surface area contributed by atoms with Crippen molar-refractivity contribution in [3.8, 4) is 0 Å². The molecule has 0 aromatic carbocycles. The predicted octanol–water partition coefficient (Wildman–Crippen LogP) is 1.54. The van der Waals surface area contributed by atoms with Crippen molar-refractivity contribution in [1.82, 2.24) is 5.32 Å². The van der Waals surface area contributed by atoms with E-state index < -0.39 is 0 Å². The number of hydrogen-bond donors (Lipinski definition) is 2. The monoisotopic (exact) mass is 126 g/mol. The summed E-state index contributed by atoms with van der Waals surface area (Å²) in [6, 6.07) is 0.430. The Labute approximate surface area is 56.5 Å². The lowest BCUT2D eigenvalue weighted by atomic mass is 10.2. The standard InChI is InChI=1S/C7H14N2/c1-4-6(2)9-7(3)5-8/h5-6,8-9H,3-4H2,1-2H3. The second-order valence-corrected chi connectivity index (χ2v) is 2.12. The van der Waals surface area contributed by atoms with Crippen LogP contribution in [0.15, 0.2) is 12.3 Å². The Kier molecular flexibility index (Phi) is 3.76. The van der Waals surface area contributed by atoms with E-state index in [1.54, 1.807) is 0 Å². The van der Waals surface area contributed by atoms with Crippen LogP contribution in [0, 0.1) is 5.41 Å². The molecule has 0 radical (unpaired) electrons. The highest BCUT2D eigenvalue weighted by atomic mass is 14.9.